The van der Waals surface area contributed by atoms with E-state index in [2.05, 4.69) is 10.2 Å². The van der Waals surface area contributed by atoms with Crippen LogP contribution in [0.25, 0.3) is 0 Å². The Kier molecular flexibility index (Phi) is 6.72. The Hall–Kier alpha value is -2.22. The molecule has 0 spiro atoms. The number of carbonyl (C=O) groups excluding carboxylic acids is 1. The van der Waals surface area contributed by atoms with Crippen molar-refractivity contribution >= 4 is 15.9 Å². The molecule has 1 aliphatic rings. The molecule has 0 radical (unpaired) electrons. The van der Waals surface area contributed by atoms with E-state index in [0.29, 0.717) is 31.7 Å². The molecule has 3 rings (SSSR count). The Bertz CT molecular complexity index is 937. The predicted octanol–water partition coefficient (Wildman–Crippen LogP) is 2.75. The van der Waals surface area contributed by atoms with Gasteiger partial charge in [-0.1, -0.05) is 50.2 Å². The molecule has 0 aliphatic carbocycles. The van der Waals surface area contributed by atoms with E-state index in [1.54, 1.807) is 18.2 Å². The van der Waals surface area contributed by atoms with Crippen LogP contribution in [-0.4, -0.2) is 56.8 Å². The largest absolute Gasteiger partial charge is 0.345 e. The first-order valence-electron chi connectivity index (χ1n) is 9.93. The second kappa shape index (κ2) is 9.07. The highest BCUT2D eigenvalue weighted by Gasteiger charge is 2.28. The normalized spacial score (nSPS) is 17.2. The zero-order valence-corrected chi connectivity index (χ0v) is 18.0. The van der Waals surface area contributed by atoms with E-state index in [1.165, 1.54) is 10.4 Å². The summed E-state index contributed by atoms with van der Waals surface area (Å²) in [6.07, 6.45) is 0. The molecule has 2 aromatic rings. The SMILES string of the molecule is CC(C)C(NC(=O)c1cccc(S(=O)(=O)N2CCN(C)CC2)c1)c1ccccc1. The molecule has 1 N–H and O–H groups in total. The molecule has 1 aliphatic heterocycles. The zero-order chi connectivity index (χ0) is 21.0. The molecule has 156 valence electrons. The number of hydrogen-bond donors (Lipinski definition) is 1. The Morgan fingerprint density at radius 1 is 0.966 bits per heavy atom. The molecular weight excluding hydrogens is 386 g/mol. The van der Waals surface area contributed by atoms with E-state index in [9.17, 15) is 13.2 Å². The average Bonchev–Trinajstić information content (AvgIpc) is 2.72. The van der Waals surface area contributed by atoms with Gasteiger partial charge in [0.25, 0.3) is 5.91 Å². The van der Waals surface area contributed by atoms with Crippen molar-refractivity contribution in [1.82, 2.24) is 14.5 Å². The van der Waals surface area contributed by atoms with Gasteiger partial charge in [-0.3, -0.25) is 4.79 Å². The topological polar surface area (TPSA) is 69.7 Å². The van der Waals surface area contributed by atoms with Gasteiger partial charge in [-0.15, -0.1) is 0 Å². The van der Waals surface area contributed by atoms with Crippen molar-refractivity contribution in [3.63, 3.8) is 0 Å². The summed E-state index contributed by atoms with van der Waals surface area (Å²) in [4.78, 5) is 15.2. The summed E-state index contributed by atoms with van der Waals surface area (Å²) in [7, 11) is -1.63. The van der Waals surface area contributed by atoms with Gasteiger partial charge in [-0.05, 0) is 36.7 Å². The lowest BCUT2D eigenvalue weighted by molar-refractivity contribution is 0.0925. The monoisotopic (exact) mass is 415 g/mol. The highest BCUT2D eigenvalue weighted by Crippen LogP contribution is 2.23. The van der Waals surface area contributed by atoms with Gasteiger partial charge in [-0.25, -0.2) is 8.42 Å². The molecule has 1 saturated heterocycles. The molecule has 1 heterocycles. The van der Waals surface area contributed by atoms with E-state index in [0.717, 1.165) is 5.56 Å². The lowest BCUT2D eigenvalue weighted by atomic mass is 9.95. The van der Waals surface area contributed by atoms with Crippen LogP contribution in [0.15, 0.2) is 59.5 Å². The van der Waals surface area contributed by atoms with Gasteiger partial charge in [0.05, 0.1) is 10.9 Å². The third-order valence-corrected chi connectivity index (χ3v) is 7.20. The van der Waals surface area contributed by atoms with E-state index in [1.807, 2.05) is 51.2 Å². The number of hydrogen-bond acceptors (Lipinski definition) is 4. The molecule has 7 heteroatoms. The standard InChI is InChI=1S/C22H29N3O3S/c1-17(2)21(18-8-5-4-6-9-18)23-22(26)19-10-7-11-20(16-19)29(27,28)25-14-12-24(3)13-15-25/h4-11,16-17,21H,12-15H2,1-3H3,(H,23,26). The van der Waals surface area contributed by atoms with Crippen LogP contribution in [0.4, 0.5) is 0 Å². The summed E-state index contributed by atoms with van der Waals surface area (Å²) in [5, 5.41) is 3.06. The highest BCUT2D eigenvalue weighted by molar-refractivity contribution is 7.89. The van der Waals surface area contributed by atoms with Gasteiger partial charge >= 0.3 is 0 Å². The van der Waals surface area contributed by atoms with Gasteiger partial charge in [0.1, 0.15) is 0 Å². The summed E-state index contributed by atoms with van der Waals surface area (Å²) in [6.45, 7) is 6.41. The number of carbonyl (C=O) groups is 1. The van der Waals surface area contributed by atoms with Crippen molar-refractivity contribution in [2.24, 2.45) is 5.92 Å². The van der Waals surface area contributed by atoms with Gasteiger partial charge in [0.2, 0.25) is 10.0 Å². The number of piperazine rings is 1. The van der Waals surface area contributed by atoms with E-state index in [4.69, 9.17) is 0 Å². The molecule has 0 saturated carbocycles. The number of rotatable bonds is 6. The van der Waals surface area contributed by atoms with Crippen molar-refractivity contribution in [2.45, 2.75) is 24.8 Å². The minimum atomic E-state index is -3.61. The van der Waals surface area contributed by atoms with Crippen LogP contribution < -0.4 is 5.32 Å². The third-order valence-electron chi connectivity index (χ3n) is 5.31. The van der Waals surface area contributed by atoms with Crippen molar-refractivity contribution in [3.05, 3.63) is 65.7 Å². The van der Waals surface area contributed by atoms with Gasteiger partial charge < -0.3 is 10.2 Å². The van der Waals surface area contributed by atoms with Crippen molar-refractivity contribution < 1.29 is 13.2 Å². The number of amides is 1. The summed E-state index contributed by atoms with van der Waals surface area (Å²) in [6, 6.07) is 16.0. The maximum Gasteiger partial charge on any atom is 0.251 e. The Balaban J connectivity index is 1.80. The molecule has 0 aromatic heterocycles. The smallest absolute Gasteiger partial charge is 0.251 e. The second-order valence-corrected chi connectivity index (χ2v) is 9.78. The maximum atomic E-state index is 13.0. The molecule has 6 nitrogen and oxygen atoms in total. The molecule has 0 bridgehead atoms. The van der Waals surface area contributed by atoms with Crippen molar-refractivity contribution in [1.29, 1.82) is 0 Å². The second-order valence-electron chi connectivity index (χ2n) is 7.84. The molecule has 29 heavy (non-hydrogen) atoms. The summed E-state index contributed by atoms with van der Waals surface area (Å²) in [5.74, 6) is -0.0819. The van der Waals surface area contributed by atoms with E-state index in [-0.39, 0.29) is 22.8 Å². The van der Waals surface area contributed by atoms with Crippen LogP contribution in [0.3, 0.4) is 0 Å². The average molecular weight is 416 g/mol. The molecule has 1 unspecified atom stereocenters. The van der Waals surface area contributed by atoms with Gasteiger partial charge in [-0.2, -0.15) is 4.31 Å². The minimum Gasteiger partial charge on any atom is -0.345 e. The highest BCUT2D eigenvalue weighted by atomic mass is 32.2. The Labute approximate surface area is 173 Å². The molecule has 1 amide bonds. The maximum absolute atomic E-state index is 13.0. The summed E-state index contributed by atoms with van der Waals surface area (Å²) in [5.41, 5.74) is 1.37. The molecular formula is C22H29N3O3S. The first-order valence-corrected chi connectivity index (χ1v) is 11.4. The first-order chi connectivity index (χ1) is 13.8. The number of nitrogens with one attached hydrogen (secondary N) is 1. The number of benzene rings is 2. The van der Waals surface area contributed by atoms with Crippen LogP contribution in [0.2, 0.25) is 0 Å². The van der Waals surface area contributed by atoms with Gasteiger partial charge in [0, 0.05) is 31.7 Å². The zero-order valence-electron chi connectivity index (χ0n) is 17.2. The minimum absolute atomic E-state index is 0.151. The number of nitrogens with zero attached hydrogens (tertiary/aromatic N) is 2. The predicted molar refractivity (Wildman–Crippen MR) is 114 cm³/mol. The lowest BCUT2D eigenvalue weighted by Crippen LogP contribution is -2.47. The third kappa shape index (κ3) is 5.04. The fraction of sp³-hybridized carbons (Fsp3) is 0.409. The fourth-order valence-corrected chi connectivity index (χ4v) is 4.96. The van der Waals surface area contributed by atoms with Gasteiger partial charge in [0.15, 0.2) is 0 Å². The first kappa shape index (κ1) is 21.5. The van der Waals surface area contributed by atoms with Crippen LogP contribution in [-0.2, 0) is 10.0 Å². The van der Waals surface area contributed by atoms with E-state index < -0.39 is 10.0 Å². The van der Waals surface area contributed by atoms with Crippen molar-refractivity contribution in [3.8, 4) is 0 Å². The Morgan fingerprint density at radius 2 is 1.62 bits per heavy atom. The quantitative estimate of drug-likeness (QED) is 0.788. The molecule has 2 aromatic carbocycles. The molecule has 1 fully saturated rings. The van der Waals surface area contributed by atoms with Crippen LogP contribution in [0.1, 0.15) is 35.8 Å². The number of likely N-dealkylation sites (N-methyl/N-ethyl adjacent to an activating group) is 1. The summed E-state index contributed by atoms with van der Waals surface area (Å²) >= 11 is 0. The lowest BCUT2D eigenvalue weighted by Gasteiger charge is -2.31. The Morgan fingerprint density at radius 3 is 2.24 bits per heavy atom. The van der Waals surface area contributed by atoms with Crippen LogP contribution >= 0.6 is 0 Å². The summed E-state index contributed by atoms with van der Waals surface area (Å²) < 4.78 is 27.5. The van der Waals surface area contributed by atoms with Crippen molar-refractivity contribution in [2.75, 3.05) is 33.2 Å². The fourth-order valence-electron chi connectivity index (χ4n) is 3.50. The molecule has 1 atom stereocenters. The van der Waals surface area contributed by atoms with Crippen LogP contribution in [0, 0.1) is 5.92 Å². The van der Waals surface area contributed by atoms with E-state index >= 15 is 0 Å². The van der Waals surface area contributed by atoms with Crippen LogP contribution in [0.5, 0.6) is 0 Å². The number of sulfonamides is 1.